The van der Waals surface area contributed by atoms with Gasteiger partial charge in [0.05, 0.1) is 18.1 Å². The van der Waals surface area contributed by atoms with E-state index in [9.17, 15) is 13.2 Å². The Bertz CT molecular complexity index is 913. The number of sulfone groups is 1. The molecule has 0 bridgehead atoms. The van der Waals surface area contributed by atoms with Crippen LogP contribution in [0.4, 0.5) is 11.5 Å². The zero-order chi connectivity index (χ0) is 19.4. The lowest BCUT2D eigenvalue weighted by Gasteiger charge is -2.24. The molecule has 1 aliphatic heterocycles. The number of pyridine rings is 1. The number of amides is 1. The molecule has 1 atom stereocenters. The summed E-state index contributed by atoms with van der Waals surface area (Å²) in [5, 5.41) is 2.84. The van der Waals surface area contributed by atoms with E-state index >= 15 is 0 Å². The number of rotatable bonds is 6. The van der Waals surface area contributed by atoms with Gasteiger partial charge in [0.1, 0.15) is 11.6 Å². The number of carbonyl (C=O) groups is 1. The highest BCUT2D eigenvalue weighted by atomic mass is 32.2. The summed E-state index contributed by atoms with van der Waals surface area (Å²) in [6.07, 6.45) is 2.13. The molecule has 1 unspecified atom stereocenters. The Balaban J connectivity index is 1.70. The Morgan fingerprint density at radius 3 is 2.67 bits per heavy atom. The van der Waals surface area contributed by atoms with Crippen molar-refractivity contribution in [2.45, 2.75) is 19.4 Å². The fraction of sp³-hybridized carbons (Fsp3) is 0.368. The second-order valence-corrected chi connectivity index (χ2v) is 8.71. The minimum Gasteiger partial charge on any atom is -0.494 e. The molecule has 3 rings (SSSR count). The number of hydrogen-bond acceptors (Lipinski definition) is 6. The summed E-state index contributed by atoms with van der Waals surface area (Å²) < 4.78 is 28.8. The van der Waals surface area contributed by atoms with E-state index in [-0.39, 0.29) is 23.5 Å². The highest BCUT2D eigenvalue weighted by Crippen LogP contribution is 2.22. The molecule has 1 aromatic carbocycles. The van der Waals surface area contributed by atoms with Crippen LogP contribution < -0.4 is 15.0 Å². The van der Waals surface area contributed by atoms with E-state index in [0.29, 0.717) is 30.1 Å². The van der Waals surface area contributed by atoms with Crippen molar-refractivity contribution in [3.05, 3.63) is 48.2 Å². The summed E-state index contributed by atoms with van der Waals surface area (Å²) in [6.45, 7) is 2.50. The number of anilines is 2. The molecular weight excluding hydrogens is 366 g/mol. The minimum absolute atomic E-state index is 0.119. The summed E-state index contributed by atoms with van der Waals surface area (Å²) in [5.74, 6) is 1.38. The van der Waals surface area contributed by atoms with E-state index < -0.39 is 9.84 Å². The summed E-state index contributed by atoms with van der Waals surface area (Å²) in [7, 11) is -1.17. The van der Waals surface area contributed by atoms with Gasteiger partial charge in [0.2, 0.25) is 0 Å². The lowest BCUT2D eigenvalue weighted by Crippen LogP contribution is -2.33. The van der Waals surface area contributed by atoms with E-state index in [1.165, 1.54) is 0 Å². The molecular formula is C19H23N3O4S. The fourth-order valence-electron chi connectivity index (χ4n) is 3.02. The summed E-state index contributed by atoms with van der Waals surface area (Å²) >= 11 is 0. The molecule has 1 aromatic heterocycles. The Morgan fingerprint density at radius 1 is 1.30 bits per heavy atom. The quantitative estimate of drug-likeness (QED) is 0.816. The molecule has 0 aliphatic carbocycles. The molecule has 0 spiro atoms. The van der Waals surface area contributed by atoms with Gasteiger partial charge in [-0.2, -0.15) is 0 Å². The topological polar surface area (TPSA) is 88.6 Å². The van der Waals surface area contributed by atoms with Crippen molar-refractivity contribution >= 4 is 27.2 Å². The van der Waals surface area contributed by atoms with Crippen LogP contribution in [0.1, 0.15) is 23.7 Å². The van der Waals surface area contributed by atoms with Crippen molar-refractivity contribution in [2.24, 2.45) is 0 Å². The van der Waals surface area contributed by atoms with Gasteiger partial charge in [-0.1, -0.05) is 0 Å². The molecule has 7 nitrogen and oxygen atoms in total. The number of aromatic nitrogens is 1. The Hall–Kier alpha value is -2.61. The van der Waals surface area contributed by atoms with Crippen LogP contribution in [0.15, 0.2) is 42.6 Å². The van der Waals surface area contributed by atoms with Crippen LogP contribution in [0.5, 0.6) is 5.75 Å². The molecule has 2 aromatic rings. The van der Waals surface area contributed by atoms with Gasteiger partial charge >= 0.3 is 0 Å². The molecule has 2 heterocycles. The lowest BCUT2D eigenvalue weighted by molar-refractivity contribution is 0.102. The van der Waals surface area contributed by atoms with Crippen LogP contribution in [0.25, 0.3) is 0 Å². The first kappa shape index (κ1) is 19.2. The van der Waals surface area contributed by atoms with Crippen LogP contribution in [-0.4, -0.2) is 50.5 Å². The molecule has 0 radical (unpaired) electrons. The van der Waals surface area contributed by atoms with Gasteiger partial charge in [-0.25, -0.2) is 13.4 Å². The number of hydrogen-bond donors (Lipinski definition) is 1. The van der Waals surface area contributed by atoms with E-state index in [4.69, 9.17) is 4.74 Å². The fourth-order valence-corrected chi connectivity index (χ4v) is 4.80. The van der Waals surface area contributed by atoms with Crippen molar-refractivity contribution in [3.8, 4) is 5.75 Å². The van der Waals surface area contributed by atoms with Crippen LogP contribution >= 0.6 is 0 Å². The van der Waals surface area contributed by atoms with Gasteiger partial charge in [0, 0.05) is 30.5 Å². The van der Waals surface area contributed by atoms with E-state index in [1.807, 2.05) is 18.9 Å². The molecule has 1 N–H and O–H groups in total. The smallest absolute Gasteiger partial charge is 0.255 e. The van der Waals surface area contributed by atoms with Crippen LogP contribution in [0.3, 0.4) is 0 Å². The van der Waals surface area contributed by atoms with E-state index in [2.05, 4.69) is 10.3 Å². The zero-order valence-corrected chi connectivity index (χ0v) is 16.2. The molecule has 0 saturated carbocycles. The zero-order valence-electron chi connectivity index (χ0n) is 15.4. The third kappa shape index (κ3) is 4.77. The molecule has 27 heavy (non-hydrogen) atoms. The van der Waals surface area contributed by atoms with Gasteiger partial charge in [-0.05, 0) is 49.7 Å². The van der Waals surface area contributed by atoms with Crippen LogP contribution in [-0.2, 0) is 9.84 Å². The van der Waals surface area contributed by atoms with Gasteiger partial charge in [0.25, 0.3) is 5.91 Å². The molecule has 1 amide bonds. The van der Waals surface area contributed by atoms with Gasteiger partial charge in [-0.3, -0.25) is 4.79 Å². The first-order valence-corrected chi connectivity index (χ1v) is 10.6. The Kier molecular flexibility index (Phi) is 5.65. The highest BCUT2D eigenvalue weighted by Gasteiger charge is 2.31. The second kappa shape index (κ2) is 7.96. The van der Waals surface area contributed by atoms with Crippen molar-refractivity contribution in [1.29, 1.82) is 0 Å². The maximum atomic E-state index is 12.5. The summed E-state index contributed by atoms with van der Waals surface area (Å²) in [6, 6.07) is 10.3. The highest BCUT2D eigenvalue weighted by molar-refractivity contribution is 7.91. The predicted octanol–water partition coefficient (Wildman–Crippen LogP) is 2.36. The van der Waals surface area contributed by atoms with Crippen molar-refractivity contribution < 1.29 is 17.9 Å². The summed E-state index contributed by atoms with van der Waals surface area (Å²) in [5.41, 5.74) is 1.12. The minimum atomic E-state index is -2.98. The average molecular weight is 389 g/mol. The Labute approximate surface area is 159 Å². The maximum Gasteiger partial charge on any atom is 0.255 e. The lowest BCUT2D eigenvalue weighted by atomic mass is 10.2. The van der Waals surface area contributed by atoms with Crippen LogP contribution in [0.2, 0.25) is 0 Å². The molecule has 1 saturated heterocycles. The number of nitrogens with zero attached hydrogens (tertiary/aromatic N) is 2. The molecule has 1 aliphatic rings. The second-order valence-electron chi connectivity index (χ2n) is 6.48. The normalized spacial score (nSPS) is 18.1. The third-order valence-electron chi connectivity index (χ3n) is 4.55. The van der Waals surface area contributed by atoms with Crippen LogP contribution in [0, 0.1) is 0 Å². The maximum absolute atomic E-state index is 12.5. The van der Waals surface area contributed by atoms with Gasteiger partial charge < -0.3 is 15.0 Å². The molecule has 8 heteroatoms. The Morgan fingerprint density at radius 2 is 2.04 bits per heavy atom. The number of carbonyl (C=O) groups excluding carboxylic acids is 1. The van der Waals surface area contributed by atoms with E-state index in [0.717, 1.165) is 5.75 Å². The number of benzene rings is 1. The third-order valence-corrected chi connectivity index (χ3v) is 6.30. The van der Waals surface area contributed by atoms with E-state index in [1.54, 1.807) is 42.6 Å². The first-order valence-electron chi connectivity index (χ1n) is 8.81. The number of ether oxygens (including phenoxy) is 1. The van der Waals surface area contributed by atoms with Gasteiger partial charge in [0.15, 0.2) is 9.84 Å². The molecule has 144 valence electrons. The largest absolute Gasteiger partial charge is 0.494 e. The SMILES string of the molecule is CCOc1ccc(NC(=O)c2ccnc(N(C)C3CCS(=O)(=O)C3)c2)cc1. The molecule has 1 fully saturated rings. The van der Waals surface area contributed by atoms with Crippen molar-refractivity contribution in [3.63, 3.8) is 0 Å². The number of nitrogens with one attached hydrogen (secondary N) is 1. The van der Waals surface area contributed by atoms with Crippen molar-refractivity contribution in [1.82, 2.24) is 4.98 Å². The monoisotopic (exact) mass is 389 g/mol. The summed E-state index contributed by atoms with van der Waals surface area (Å²) in [4.78, 5) is 18.7. The van der Waals surface area contributed by atoms with Crippen molar-refractivity contribution in [2.75, 3.05) is 35.4 Å². The first-order chi connectivity index (χ1) is 12.9. The van der Waals surface area contributed by atoms with Gasteiger partial charge in [-0.15, -0.1) is 0 Å². The predicted molar refractivity (Wildman–Crippen MR) is 105 cm³/mol. The average Bonchev–Trinajstić information content (AvgIpc) is 3.03. The standard InChI is InChI=1S/C19H23N3O4S/c1-3-26-17-6-4-15(5-7-17)21-19(23)14-8-10-20-18(12-14)22(2)16-9-11-27(24,25)13-16/h4-8,10,12,16H,3,9,11,13H2,1-2H3,(H,21,23).